The minimum atomic E-state index is -4.21. The minimum Gasteiger partial charge on any atom is -0.384 e. The second-order valence-corrected chi connectivity index (χ2v) is 6.04. The molecule has 0 fully saturated rings. The van der Waals surface area contributed by atoms with Crippen molar-refractivity contribution >= 4 is 45.0 Å². The van der Waals surface area contributed by atoms with E-state index in [1.54, 1.807) is 4.72 Å². The number of carbonyl (C=O) groups excluding carboxylic acids is 1. The third-order valence-electron chi connectivity index (χ3n) is 2.16. The van der Waals surface area contributed by atoms with Gasteiger partial charge in [0, 0.05) is 0 Å². The Morgan fingerprint density at radius 1 is 1.24 bits per heavy atom. The highest BCUT2D eigenvalue weighted by Gasteiger charge is 2.23. The van der Waals surface area contributed by atoms with E-state index in [1.165, 1.54) is 18.2 Å². The van der Waals surface area contributed by atoms with Gasteiger partial charge >= 0.3 is 0 Å². The van der Waals surface area contributed by atoms with Crippen LogP contribution in [0.1, 0.15) is 10.5 Å². The van der Waals surface area contributed by atoms with Gasteiger partial charge in [-0.1, -0.05) is 29.3 Å². The van der Waals surface area contributed by atoms with Gasteiger partial charge in [0.15, 0.2) is 15.9 Å². The van der Waals surface area contributed by atoms with Crippen LogP contribution < -0.4 is 10.5 Å². The van der Waals surface area contributed by atoms with Crippen molar-refractivity contribution in [3.05, 3.63) is 40.4 Å². The zero-order valence-electron chi connectivity index (χ0n) is 10.1. The van der Waals surface area contributed by atoms with Crippen molar-refractivity contribution in [3.63, 3.8) is 0 Å². The van der Waals surface area contributed by atoms with E-state index in [0.29, 0.717) is 0 Å². The van der Waals surface area contributed by atoms with Crippen LogP contribution in [0.4, 0.5) is 5.82 Å². The van der Waals surface area contributed by atoms with E-state index >= 15 is 0 Å². The van der Waals surface area contributed by atoms with Gasteiger partial charge in [-0.2, -0.15) is 8.42 Å². The predicted molar refractivity (Wildman–Crippen MR) is 75.4 cm³/mol. The van der Waals surface area contributed by atoms with Crippen molar-refractivity contribution in [2.24, 2.45) is 0 Å². The van der Waals surface area contributed by atoms with E-state index in [2.05, 4.69) is 15.0 Å². The quantitative estimate of drug-likeness (QED) is 0.842. The molecule has 0 aliphatic rings. The fraction of sp³-hybridized carbons (Fsp3) is 0. The normalized spacial score (nSPS) is 11.1. The van der Waals surface area contributed by atoms with Gasteiger partial charge in [-0.3, -0.25) is 4.79 Å². The van der Waals surface area contributed by atoms with Gasteiger partial charge in [0.1, 0.15) is 11.0 Å². The molecule has 0 aliphatic heterocycles. The number of halogens is 2. The maximum absolute atomic E-state index is 12.0. The summed E-state index contributed by atoms with van der Waals surface area (Å²) in [6.45, 7) is 0. The molecule has 11 heteroatoms. The molecule has 0 atom stereocenters. The molecule has 1 amide bonds. The van der Waals surface area contributed by atoms with Crippen LogP contribution in [0.3, 0.4) is 0 Å². The van der Waals surface area contributed by atoms with Crippen LogP contribution in [0.5, 0.6) is 0 Å². The van der Waals surface area contributed by atoms with Crippen LogP contribution in [0.25, 0.3) is 0 Å². The number of pyridine rings is 1. The Balaban J connectivity index is 2.30. The summed E-state index contributed by atoms with van der Waals surface area (Å²) in [6, 6.07) is 3.97. The summed E-state index contributed by atoms with van der Waals surface area (Å²) < 4.78 is 25.7. The summed E-state index contributed by atoms with van der Waals surface area (Å²) in [4.78, 5) is 22.7. The molecule has 21 heavy (non-hydrogen) atoms. The number of sulfonamides is 1. The third-order valence-corrected chi connectivity index (χ3v) is 3.84. The SMILES string of the molecule is Nc1cccc(S(=O)(=O)NC(=O)c2ncc(Cl)nc2Cl)n1. The summed E-state index contributed by atoms with van der Waals surface area (Å²) in [5.41, 5.74) is 5.01. The maximum Gasteiger partial charge on any atom is 0.286 e. The Labute approximate surface area is 129 Å². The average Bonchev–Trinajstić information content (AvgIpc) is 2.37. The molecule has 2 heterocycles. The molecule has 2 rings (SSSR count). The van der Waals surface area contributed by atoms with E-state index in [9.17, 15) is 13.2 Å². The molecule has 0 unspecified atom stereocenters. The smallest absolute Gasteiger partial charge is 0.286 e. The van der Waals surface area contributed by atoms with Gasteiger partial charge in [-0.25, -0.2) is 19.7 Å². The number of hydrogen-bond donors (Lipinski definition) is 2. The largest absolute Gasteiger partial charge is 0.384 e. The van der Waals surface area contributed by atoms with Gasteiger partial charge in [0.25, 0.3) is 15.9 Å². The van der Waals surface area contributed by atoms with Crippen molar-refractivity contribution in [3.8, 4) is 0 Å². The van der Waals surface area contributed by atoms with E-state index in [0.717, 1.165) is 6.20 Å². The molecule has 0 spiro atoms. The topological polar surface area (TPSA) is 128 Å². The summed E-state index contributed by atoms with van der Waals surface area (Å²) in [6.07, 6.45) is 1.06. The zero-order valence-corrected chi connectivity index (χ0v) is 12.4. The first-order valence-corrected chi connectivity index (χ1v) is 7.51. The number of carbonyl (C=O) groups is 1. The van der Waals surface area contributed by atoms with E-state index in [4.69, 9.17) is 28.9 Å². The van der Waals surface area contributed by atoms with Gasteiger partial charge < -0.3 is 5.73 Å². The van der Waals surface area contributed by atoms with Crippen LogP contribution in [0.15, 0.2) is 29.4 Å². The van der Waals surface area contributed by atoms with Crippen LogP contribution in [-0.4, -0.2) is 29.3 Å². The Morgan fingerprint density at radius 2 is 1.95 bits per heavy atom. The number of amides is 1. The second-order valence-electron chi connectivity index (χ2n) is 3.67. The number of anilines is 1. The van der Waals surface area contributed by atoms with Crippen molar-refractivity contribution in [1.82, 2.24) is 19.7 Å². The van der Waals surface area contributed by atoms with Crippen molar-refractivity contribution < 1.29 is 13.2 Å². The summed E-state index contributed by atoms with van der Waals surface area (Å²) in [5, 5.41) is -0.762. The van der Waals surface area contributed by atoms with Crippen LogP contribution in [0.2, 0.25) is 10.3 Å². The molecule has 0 aliphatic carbocycles. The molecule has 110 valence electrons. The number of aromatic nitrogens is 3. The van der Waals surface area contributed by atoms with E-state index in [-0.39, 0.29) is 21.8 Å². The summed E-state index contributed by atoms with van der Waals surface area (Å²) in [7, 11) is -4.21. The number of rotatable bonds is 3. The lowest BCUT2D eigenvalue weighted by Gasteiger charge is -2.07. The van der Waals surface area contributed by atoms with Crippen LogP contribution >= 0.6 is 23.2 Å². The fourth-order valence-corrected chi connectivity index (χ4v) is 2.63. The highest BCUT2D eigenvalue weighted by molar-refractivity contribution is 7.90. The summed E-state index contributed by atoms with van der Waals surface area (Å²) >= 11 is 11.2. The third kappa shape index (κ3) is 3.57. The Bertz CT molecular complexity index is 812. The molecule has 0 radical (unpaired) electrons. The summed E-state index contributed by atoms with van der Waals surface area (Å²) in [5.74, 6) is -1.07. The molecule has 0 saturated heterocycles. The van der Waals surface area contributed by atoms with Crippen molar-refractivity contribution in [2.45, 2.75) is 5.03 Å². The maximum atomic E-state index is 12.0. The monoisotopic (exact) mass is 347 g/mol. The minimum absolute atomic E-state index is 0.00496. The lowest BCUT2D eigenvalue weighted by atomic mass is 10.4. The Kier molecular flexibility index (Phi) is 4.26. The predicted octanol–water partition coefficient (Wildman–Crippen LogP) is 0.879. The Morgan fingerprint density at radius 3 is 2.57 bits per heavy atom. The highest BCUT2D eigenvalue weighted by atomic mass is 35.5. The number of nitrogens with zero attached hydrogens (tertiary/aromatic N) is 3. The van der Waals surface area contributed by atoms with Gasteiger partial charge in [-0.05, 0) is 12.1 Å². The van der Waals surface area contributed by atoms with Crippen molar-refractivity contribution in [1.29, 1.82) is 0 Å². The highest BCUT2D eigenvalue weighted by Crippen LogP contribution is 2.15. The van der Waals surface area contributed by atoms with Gasteiger partial charge in [0.05, 0.1) is 6.20 Å². The Hall–Kier alpha value is -1.97. The molecule has 2 aromatic heterocycles. The molecule has 3 N–H and O–H groups in total. The number of nitrogens with two attached hydrogens (primary N) is 1. The molecular formula is C10H7Cl2N5O3S. The first-order valence-electron chi connectivity index (χ1n) is 5.27. The molecular weight excluding hydrogens is 341 g/mol. The molecule has 8 nitrogen and oxygen atoms in total. The van der Waals surface area contributed by atoms with Crippen molar-refractivity contribution in [2.75, 3.05) is 5.73 Å². The average molecular weight is 348 g/mol. The van der Waals surface area contributed by atoms with E-state index in [1.807, 2.05) is 0 Å². The number of nitrogen functional groups attached to an aromatic ring is 1. The zero-order chi connectivity index (χ0) is 15.6. The van der Waals surface area contributed by atoms with Crippen LogP contribution in [0, 0.1) is 0 Å². The van der Waals surface area contributed by atoms with Crippen LogP contribution in [-0.2, 0) is 10.0 Å². The molecule has 2 aromatic rings. The first kappa shape index (κ1) is 15.4. The first-order chi connectivity index (χ1) is 9.79. The number of hydrogen-bond acceptors (Lipinski definition) is 7. The fourth-order valence-electron chi connectivity index (χ4n) is 1.30. The van der Waals surface area contributed by atoms with E-state index < -0.39 is 21.0 Å². The lowest BCUT2D eigenvalue weighted by molar-refractivity contribution is 0.0976. The number of nitrogens with one attached hydrogen (secondary N) is 1. The lowest BCUT2D eigenvalue weighted by Crippen LogP contribution is -2.32. The molecule has 0 saturated carbocycles. The van der Waals surface area contributed by atoms with Gasteiger partial charge in [0.2, 0.25) is 0 Å². The standard InChI is InChI=1S/C10H7Cl2N5O3S/c11-5-4-14-8(9(12)15-5)10(18)17-21(19,20)7-3-1-2-6(13)16-7/h1-4H,(H2,13,16)(H,17,18). The second kappa shape index (κ2) is 5.80. The molecule has 0 aromatic carbocycles. The molecule has 0 bridgehead atoms. The van der Waals surface area contributed by atoms with Gasteiger partial charge in [-0.15, -0.1) is 0 Å².